The molecule has 180 valence electrons. The zero-order valence-corrected chi connectivity index (χ0v) is 21.4. The summed E-state index contributed by atoms with van der Waals surface area (Å²) < 4.78 is 27.6. The van der Waals surface area contributed by atoms with Gasteiger partial charge >= 0.3 is 0 Å². The average Bonchev–Trinajstić information content (AvgIpc) is 2.83. The molecule has 1 amide bonds. The smallest absolute Gasteiger partial charge is 0.264 e. The summed E-state index contributed by atoms with van der Waals surface area (Å²) in [6.45, 7) is 8.34. The first kappa shape index (κ1) is 25.6. The van der Waals surface area contributed by atoms with E-state index in [9.17, 15) is 13.2 Å². The van der Waals surface area contributed by atoms with Crippen molar-refractivity contribution in [3.63, 3.8) is 0 Å². The second kappa shape index (κ2) is 11.9. The van der Waals surface area contributed by atoms with E-state index in [2.05, 4.69) is 17.1 Å². The van der Waals surface area contributed by atoms with Crippen molar-refractivity contribution in [2.24, 2.45) is 5.92 Å². The maximum absolute atomic E-state index is 13.1. The molecule has 2 aromatic rings. The van der Waals surface area contributed by atoms with E-state index in [0.717, 1.165) is 36.9 Å². The minimum Gasteiger partial charge on any atom is -0.352 e. The monoisotopic (exact) mass is 489 g/mol. The fraction of sp³-hybridized carbons (Fsp3) is 0.480. The third-order valence-corrected chi connectivity index (χ3v) is 8.83. The van der Waals surface area contributed by atoms with Gasteiger partial charge in [0, 0.05) is 23.5 Å². The van der Waals surface area contributed by atoms with Crippen molar-refractivity contribution < 1.29 is 13.2 Å². The van der Waals surface area contributed by atoms with Crippen LogP contribution >= 0.6 is 11.8 Å². The Bertz CT molecular complexity index is 1000. The molecule has 0 saturated carbocycles. The SMILES string of the molecule is CCN(c1ccc(C(=O)NCCCN2CCC(C)CC2)cc1)S(=O)(=O)c1ccc(SC)cc1. The largest absolute Gasteiger partial charge is 0.352 e. The molecule has 6 nitrogen and oxygen atoms in total. The molecule has 0 bridgehead atoms. The van der Waals surface area contributed by atoms with Gasteiger partial charge < -0.3 is 10.2 Å². The minimum atomic E-state index is -3.68. The molecule has 1 heterocycles. The Kier molecular flexibility index (Phi) is 9.23. The number of benzene rings is 2. The van der Waals surface area contributed by atoms with Crippen LogP contribution in [0.2, 0.25) is 0 Å². The maximum atomic E-state index is 13.1. The first-order chi connectivity index (χ1) is 15.8. The van der Waals surface area contributed by atoms with Crippen LogP contribution in [-0.2, 0) is 10.0 Å². The Labute approximate surface area is 202 Å². The fourth-order valence-corrected chi connectivity index (χ4v) is 5.92. The van der Waals surface area contributed by atoms with Crippen molar-refractivity contribution in [3.8, 4) is 0 Å². The van der Waals surface area contributed by atoms with Gasteiger partial charge in [-0.3, -0.25) is 9.10 Å². The van der Waals surface area contributed by atoms with Crippen molar-refractivity contribution in [1.82, 2.24) is 10.2 Å². The van der Waals surface area contributed by atoms with E-state index in [-0.39, 0.29) is 10.8 Å². The number of carbonyl (C=O) groups is 1. The van der Waals surface area contributed by atoms with Crippen LogP contribution in [0, 0.1) is 5.92 Å². The Morgan fingerprint density at radius 2 is 1.73 bits per heavy atom. The Morgan fingerprint density at radius 1 is 1.09 bits per heavy atom. The quantitative estimate of drug-likeness (QED) is 0.394. The van der Waals surface area contributed by atoms with E-state index in [1.165, 1.54) is 17.1 Å². The van der Waals surface area contributed by atoms with Gasteiger partial charge in [0.25, 0.3) is 15.9 Å². The molecule has 33 heavy (non-hydrogen) atoms. The Balaban J connectivity index is 1.56. The number of hydrogen-bond donors (Lipinski definition) is 1. The molecule has 1 saturated heterocycles. The molecule has 0 aliphatic carbocycles. The lowest BCUT2D eigenvalue weighted by Crippen LogP contribution is -2.35. The molecular weight excluding hydrogens is 454 g/mol. The number of thioether (sulfide) groups is 1. The van der Waals surface area contributed by atoms with Gasteiger partial charge in [0.15, 0.2) is 0 Å². The van der Waals surface area contributed by atoms with E-state index in [1.807, 2.05) is 18.4 Å². The molecule has 8 heteroatoms. The summed E-state index contributed by atoms with van der Waals surface area (Å²) in [6.07, 6.45) is 5.39. The molecule has 1 aliphatic heterocycles. The summed E-state index contributed by atoms with van der Waals surface area (Å²) in [5.74, 6) is 0.690. The predicted molar refractivity (Wildman–Crippen MR) is 137 cm³/mol. The van der Waals surface area contributed by atoms with Crippen LogP contribution in [0.1, 0.15) is 43.5 Å². The Morgan fingerprint density at radius 3 is 2.30 bits per heavy atom. The van der Waals surface area contributed by atoms with Gasteiger partial charge in [0.05, 0.1) is 10.6 Å². The zero-order valence-electron chi connectivity index (χ0n) is 19.8. The standard InChI is InChI=1S/C25H35N3O3S2/c1-4-28(33(30,31)24-12-10-23(32-3)11-13-24)22-8-6-21(7-9-22)25(29)26-16-5-17-27-18-14-20(2)15-19-27/h6-13,20H,4-5,14-19H2,1-3H3,(H,26,29). The van der Waals surface area contributed by atoms with E-state index in [0.29, 0.717) is 24.3 Å². The second-order valence-electron chi connectivity index (χ2n) is 8.53. The number of carbonyl (C=O) groups excluding carboxylic acids is 1. The first-order valence-electron chi connectivity index (χ1n) is 11.6. The molecule has 0 spiro atoms. The Hall–Kier alpha value is -2.03. The molecule has 3 rings (SSSR count). The molecule has 0 atom stereocenters. The highest BCUT2D eigenvalue weighted by Crippen LogP contribution is 2.25. The van der Waals surface area contributed by atoms with Gasteiger partial charge in [-0.25, -0.2) is 8.42 Å². The van der Waals surface area contributed by atoms with Gasteiger partial charge in [0.1, 0.15) is 0 Å². The normalized spacial score (nSPS) is 15.4. The van der Waals surface area contributed by atoms with Gasteiger partial charge in [0.2, 0.25) is 0 Å². The van der Waals surface area contributed by atoms with Crippen LogP contribution in [-0.4, -0.2) is 58.2 Å². The maximum Gasteiger partial charge on any atom is 0.264 e. The van der Waals surface area contributed by atoms with Gasteiger partial charge in [-0.2, -0.15) is 0 Å². The van der Waals surface area contributed by atoms with Crippen molar-refractivity contribution in [2.75, 3.05) is 43.3 Å². The highest BCUT2D eigenvalue weighted by atomic mass is 32.2. The predicted octanol–water partition coefficient (Wildman–Crippen LogP) is 4.48. The lowest BCUT2D eigenvalue weighted by Gasteiger charge is -2.30. The highest BCUT2D eigenvalue weighted by molar-refractivity contribution is 7.98. The van der Waals surface area contributed by atoms with Crippen molar-refractivity contribution in [1.29, 1.82) is 0 Å². The fourth-order valence-electron chi connectivity index (χ4n) is 4.04. The molecule has 0 aromatic heterocycles. The minimum absolute atomic E-state index is 0.132. The van der Waals surface area contributed by atoms with Gasteiger partial charge in [-0.05, 0) is 107 Å². The number of amides is 1. The van der Waals surface area contributed by atoms with Crippen LogP contribution in [0.5, 0.6) is 0 Å². The number of piperidine rings is 1. The van der Waals surface area contributed by atoms with Crippen LogP contribution in [0.25, 0.3) is 0 Å². The van der Waals surface area contributed by atoms with Gasteiger partial charge in [-0.15, -0.1) is 11.8 Å². The average molecular weight is 490 g/mol. The lowest BCUT2D eigenvalue weighted by molar-refractivity contribution is 0.0950. The van der Waals surface area contributed by atoms with E-state index in [1.54, 1.807) is 55.1 Å². The lowest BCUT2D eigenvalue weighted by atomic mass is 9.99. The summed E-state index contributed by atoms with van der Waals surface area (Å²) in [6, 6.07) is 13.7. The van der Waals surface area contributed by atoms with E-state index in [4.69, 9.17) is 0 Å². The molecule has 0 radical (unpaired) electrons. The van der Waals surface area contributed by atoms with Gasteiger partial charge in [-0.1, -0.05) is 6.92 Å². The third-order valence-electron chi connectivity index (χ3n) is 6.17. The number of hydrogen-bond acceptors (Lipinski definition) is 5. The van der Waals surface area contributed by atoms with Crippen molar-refractivity contribution in [2.45, 2.75) is 42.9 Å². The number of nitrogens with one attached hydrogen (secondary N) is 1. The molecule has 1 aliphatic rings. The highest BCUT2D eigenvalue weighted by Gasteiger charge is 2.24. The summed E-state index contributed by atoms with van der Waals surface area (Å²) in [4.78, 5) is 16.2. The van der Waals surface area contributed by atoms with Crippen LogP contribution in [0.4, 0.5) is 5.69 Å². The number of rotatable bonds is 10. The number of anilines is 1. The zero-order chi connectivity index (χ0) is 23.8. The first-order valence-corrected chi connectivity index (χ1v) is 14.3. The topological polar surface area (TPSA) is 69.7 Å². The molecule has 1 N–H and O–H groups in total. The summed E-state index contributed by atoms with van der Waals surface area (Å²) >= 11 is 1.57. The van der Waals surface area contributed by atoms with Crippen LogP contribution < -0.4 is 9.62 Å². The van der Waals surface area contributed by atoms with Crippen LogP contribution in [0.3, 0.4) is 0 Å². The number of sulfonamides is 1. The second-order valence-corrected chi connectivity index (χ2v) is 11.3. The van der Waals surface area contributed by atoms with E-state index < -0.39 is 10.0 Å². The molecule has 2 aromatic carbocycles. The summed E-state index contributed by atoms with van der Waals surface area (Å²) in [7, 11) is -3.68. The van der Waals surface area contributed by atoms with Crippen LogP contribution in [0.15, 0.2) is 58.3 Å². The third kappa shape index (κ3) is 6.74. The van der Waals surface area contributed by atoms with Crippen molar-refractivity contribution >= 4 is 33.4 Å². The molecular formula is C25H35N3O3S2. The van der Waals surface area contributed by atoms with Crippen molar-refractivity contribution in [3.05, 3.63) is 54.1 Å². The van der Waals surface area contributed by atoms with E-state index >= 15 is 0 Å². The number of likely N-dealkylation sites (tertiary alicyclic amines) is 1. The summed E-state index contributed by atoms with van der Waals surface area (Å²) in [5, 5.41) is 2.98. The summed E-state index contributed by atoms with van der Waals surface area (Å²) in [5.41, 5.74) is 1.07. The molecule has 0 unspecified atom stereocenters. The molecule has 1 fully saturated rings. The number of nitrogens with zero attached hydrogens (tertiary/aromatic N) is 2.